The summed E-state index contributed by atoms with van der Waals surface area (Å²) in [6.07, 6.45) is 3.45. The van der Waals surface area contributed by atoms with Gasteiger partial charge in [-0.25, -0.2) is 0 Å². The molecule has 0 unspecified atom stereocenters. The van der Waals surface area contributed by atoms with Crippen LogP contribution in [0.2, 0.25) is 5.02 Å². The van der Waals surface area contributed by atoms with Crippen molar-refractivity contribution in [3.8, 4) is 0 Å². The Balaban J connectivity index is 1.39. The second-order valence-electron chi connectivity index (χ2n) is 7.12. The van der Waals surface area contributed by atoms with Crippen LogP contribution in [0.15, 0.2) is 24.3 Å². The second kappa shape index (κ2) is 5.76. The zero-order valence-corrected chi connectivity index (χ0v) is 13.8. The molecule has 3 fully saturated rings. The van der Waals surface area contributed by atoms with E-state index < -0.39 is 0 Å². The third-order valence-electron chi connectivity index (χ3n) is 5.86. The van der Waals surface area contributed by atoms with Gasteiger partial charge in [0.15, 0.2) is 0 Å². The van der Waals surface area contributed by atoms with Gasteiger partial charge in [0.1, 0.15) is 0 Å². The van der Waals surface area contributed by atoms with Crippen molar-refractivity contribution in [3.05, 3.63) is 34.9 Å². The monoisotopic (exact) mass is 335 g/mol. The minimum atomic E-state index is -0.177. The molecule has 0 radical (unpaired) electrons. The maximum atomic E-state index is 12.6. The van der Waals surface area contributed by atoms with Gasteiger partial charge in [0.05, 0.1) is 18.2 Å². The lowest BCUT2D eigenvalue weighted by atomic mass is 9.74. The number of aryl methyl sites for hydroxylation is 1. The number of halogens is 1. The number of hydrogen-bond donors (Lipinski definition) is 1. The number of ether oxygens (including phenoxy) is 1. The van der Waals surface area contributed by atoms with E-state index in [9.17, 15) is 9.90 Å². The standard InChI is InChI=1S/C18H22ClNO3/c19-13-3-1-2-12(8-13)4-5-17(22)20-9-15-14(10-21)16-6-7-18(15,11-20)23-16/h1-3,8,14-16,21H,4-7,9-11H2/t14-,15+,16+,18+/m0/s1. The number of likely N-dealkylation sites (tertiary alicyclic amines) is 1. The molecule has 0 aromatic heterocycles. The Hall–Kier alpha value is -1.10. The number of hydrogen-bond acceptors (Lipinski definition) is 3. The average molecular weight is 336 g/mol. The Labute approximate surface area is 141 Å². The van der Waals surface area contributed by atoms with E-state index >= 15 is 0 Å². The summed E-state index contributed by atoms with van der Waals surface area (Å²) in [5.41, 5.74) is 0.915. The molecular formula is C18H22ClNO3. The third-order valence-corrected chi connectivity index (χ3v) is 6.10. The highest BCUT2D eigenvalue weighted by molar-refractivity contribution is 6.30. The third kappa shape index (κ3) is 2.57. The molecule has 1 aromatic rings. The van der Waals surface area contributed by atoms with Crippen molar-refractivity contribution >= 4 is 17.5 Å². The summed E-state index contributed by atoms with van der Waals surface area (Å²) in [5.74, 6) is 0.688. The Kier molecular flexibility index (Phi) is 3.87. The molecule has 3 heterocycles. The maximum absolute atomic E-state index is 12.6. The molecular weight excluding hydrogens is 314 g/mol. The molecule has 0 aliphatic carbocycles. The number of rotatable bonds is 4. The van der Waals surface area contributed by atoms with Gasteiger partial charge in [-0.15, -0.1) is 0 Å². The molecule has 1 amide bonds. The van der Waals surface area contributed by atoms with Crippen LogP contribution in [0.5, 0.6) is 0 Å². The van der Waals surface area contributed by atoms with Crippen LogP contribution in [-0.4, -0.2) is 47.3 Å². The first-order chi connectivity index (χ1) is 11.1. The van der Waals surface area contributed by atoms with E-state index in [1.165, 1.54) is 0 Å². The van der Waals surface area contributed by atoms with E-state index in [-0.39, 0.29) is 30.1 Å². The van der Waals surface area contributed by atoms with Crippen molar-refractivity contribution in [2.24, 2.45) is 11.8 Å². The van der Waals surface area contributed by atoms with Crippen LogP contribution in [0, 0.1) is 11.8 Å². The van der Waals surface area contributed by atoms with Crippen molar-refractivity contribution in [2.75, 3.05) is 19.7 Å². The first kappa shape index (κ1) is 15.4. The lowest BCUT2D eigenvalue weighted by Crippen LogP contribution is -2.38. The highest BCUT2D eigenvalue weighted by Crippen LogP contribution is 2.54. The SMILES string of the molecule is O=C(CCc1cccc(Cl)c1)N1C[C@@H]2[C@H](CO)[C@H]3CC[C@]2(C1)O3. The number of carbonyl (C=O) groups excluding carboxylic acids is 1. The number of benzene rings is 1. The molecule has 5 heteroatoms. The van der Waals surface area contributed by atoms with E-state index in [4.69, 9.17) is 16.3 Å². The fourth-order valence-corrected chi connectivity index (χ4v) is 4.94. The first-order valence-electron chi connectivity index (χ1n) is 8.42. The van der Waals surface area contributed by atoms with Gasteiger partial charge in [-0.05, 0) is 37.0 Å². The lowest BCUT2D eigenvalue weighted by Gasteiger charge is -2.27. The van der Waals surface area contributed by atoms with Gasteiger partial charge < -0.3 is 14.7 Å². The molecule has 2 bridgehead atoms. The van der Waals surface area contributed by atoms with E-state index in [0.717, 1.165) is 24.9 Å². The molecule has 3 aliphatic heterocycles. The van der Waals surface area contributed by atoms with Crippen LogP contribution in [0.25, 0.3) is 0 Å². The Morgan fingerprint density at radius 3 is 3.13 bits per heavy atom. The van der Waals surface area contributed by atoms with Crippen molar-refractivity contribution < 1.29 is 14.6 Å². The Bertz CT molecular complexity index is 622. The summed E-state index contributed by atoms with van der Waals surface area (Å²) >= 11 is 5.99. The minimum Gasteiger partial charge on any atom is -0.396 e. The number of aliphatic hydroxyl groups excluding tert-OH is 1. The van der Waals surface area contributed by atoms with Crippen molar-refractivity contribution in [1.82, 2.24) is 4.90 Å². The summed E-state index contributed by atoms with van der Waals surface area (Å²) in [6, 6.07) is 7.68. The topological polar surface area (TPSA) is 49.8 Å². The van der Waals surface area contributed by atoms with Crippen LogP contribution in [0.4, 0.5) is 0 Å². The van der Waals surface area contributed by atoms with Crippen LogP contribution < -0.4 is 0 Å². The molecule has 1 N–H and O–H groups in total. The van der Waals surface area contributed by atoms with E-state index in [1.54, 1.807) is 0 Å². The van der Waals surface area contributed by atoms with Crippen molar-refractivity contribution in [1.29, 1.82) is 0 Å². The molecule has 1 aromatic carbocycles. The van der Waals surface area contributed by atoms with Crippen molar-refractivity contribution in [2.45, 2.75) is 37.4 Å². The summed E-state index contributed by atoms with van der Waals surface area (Å²) in [5, 5.41) is 10.3. The molecule has 23 heavy (non-hydrogen) atoms. The molecule has 4 atom stereocenters. The number of aliphatic hydroxyl groups is 1. The average Bonchev–Trinajstić information content (AvgIpc) is 3.19. The van der Waals surface area contributed by atoms with Gasteiger partial charge in [-0.2, -0.15) is 0 Å². The summed E-state index contributed by atoms with van der Waals surface area (Å²) in [7, 11) is 0. The number of carbonyl (C=O) groups is 1. The lowest BCUT2D eigenvalue weighted by molar-refractivity contribution is -0.131. The van der Waals surface area contributed by atoms with Crippen molar-refractivity contribution in [3.63, 3.8) is 0 Å². The molecule has 4 nitrogen and oxygen atoms in total. The molecule has 3 aliphatic rings. The van der Waals surface area contributed by atoms with Crippen LogP contribution in [0.3, 0.4) is 0 Å². The van der Waals surface area contributed by atoms with Crippen LogP contribution in [0.1, 0.15) is 24.8 Å². The van der Waals surface area contributed by atoms with Gasteiger partial charge in [0, 0.05) is 36.4 Å². The minimum absolute atomic E-state index is 0.168. The van der Waals surface area contributed by atoms with Gasteiger partial charge in [0.25, 0.3) is 0 Å². The predicted octanol–water partition coefficient (Wildman–Crippen LogP) is 2.27. The van der Waals surface area contributed by atoms with E-state index in [2.05, 4.69) is 0 Å². The largest absolute Gasteiger partial charge is 0.396 e. The van der Waals surface area contributed by atoms with Gasteiger partial charge in [-0.1, -0.05) is 23.7 Å². The Morgan fingerprint density at radius 2 is 2.35 bits per heavy atom. The first-order valence-corrected chi connectivity index (χ1v) is 8.80. The summed E-state index contributed by atoms with van der Waals surface area (Å²) in [6.45, 7) is 1.59. The highest BCUT2D eigenvalue weighted by atomic mass is 35.5. The molecule has 3 saturated heterocycles. The fourth-order valence-electron chi connectivity index (χ4n) is 4.73. The van der Waals surface area contributed by atoms with E-state index in [0.29, 0.717) is 30.3 Å². The molecule has 1 spiro atoms. The van der Waals surface area contributed by atoms with Gasteiger partial charge >= 0.3 is 0 Å². The quantitative estimate of drug-likeness (QED) is 0.918. The van der Waals surface area contributed by atoms with Crippen LogP contribution in [-0.2, 0) is 16.0 Å². The zero-order chi connectivity index (χ0) is 16.0. The molecule has 0 saturated carbocycles. The number of fused-ring (bicyclic) bond motifs is 1. The Morgan fingerprint density at radius 1 is 1.48 bits per heavy atom. The van der Waals surface area contributed by atoms with E-state index in [1.807, 2.05) is 29.2 Å². The zero-order valence-electron chi connectivity index (χ0n) is 13.1. The van der Waals surface area contributed by atoms with Crippen LogP contribution >= 0.6 is 11.6 Å². The molecule has 124 valence electrons. The molecule has 4 rings (SSSR count). The predicted molar refractivity (Wildman–Crippen MR) is 87.3 cm³/mol. The van der Waals surface area contributed by atoms with Gasteiger partial charge in [-0.3, -0.25) is 4.79 Å². The fraction of sp³-hybridized carbons (Fsp3) is 0.611. The second-order valence-corrected chi connectivity index (χ2v) is 7.55. The summed E-state index contributed by atoms with van der Waals surface area (Å²) in [4.78, 5) is 14.5. The number of amides is 1. The summed E-state index contributed by atoms with van der Waals surface area (Å²) < 4.78 is 6.17. The smallest absolute Gasteiger partial charge is 0.223 e. The highest BCUT2D eigenvalue weighted by Gasteiger charge is 2.63. The number of nitrogens with zero attached hydrogens (tertiary/aromatic N) is 1. The normalized spacial score (nSPS) is 34.9. The maximum Gasteiger partial charge on any atom is 0.223 e. The van der Waals surface area contributed by atoms with Gasteiger partial charge in [0.2, 0.25) is 5.91 Å².